The van der Waals surface area contributed by atoms with Crippen LogP contribution in [-0.2, 0) is 0 Å². The summed E-state index contributed by atoms with van der Waals surface area (Å²) in [5, 5.41) is 20.4. The van der Waals surface area contributed by atoms with Gasteiger partial charge in [-0.15, -0.1) is 0 Å². The predicted octanol–water partition coefficient (Wildman–Crippen LogP) is 5.06. The molecule has 0 aliphatic heterocycles. The molecule has 2 aromatic carbocycles. The lowest BCUT2D eigenvalue weighted by molar-refractivity contribution is 0.428. The van der Waals surface area contributed by atoms with Gasteiger partial charge in [-0.1, -0.05) is 37.1 Å². The number of rotatable bonds is 3. The van der Waals surface area contributed by atoms with Crippen LogP contribution in [0.2, 0.25) is 0 Å². The van der Waals surface area contributed by atoms with E-state index < -0.39 is 0 Å². The van der Waals surface area contributed by atoms with Gasteiger partial charge in [-0.25, -0.2) is 4.39 Å². The Balaban J connectivity index is 1.84. The fourth-order valence-electron chi connectivity index (χ4n) is 3.14. The van der Waals surface area contributed by atoms with E-state index in [1.807, 2.05) is 6.08 Å². The summed E-state index contributed by atoms with van der Waals surface area (Å²) in [6.45, 7) is 0. The van der Waals surface area contributed by atoms with Gasteiger partial charge in [0.05, 0.1) is 0 Å². The van der Waals surface area contributed by atoms with Crippen LogP contribution in [0.1, 0.15) is 48.3 Å². The highest BCUT2D eigenvalue weighted by Gasteiger charge is 2.23. The number of halogens is 1. The highest BCUT2D eigenvalue weighted by Crippen LogP contribution is 2.43. The smallest absolute Gasteiger partial charge is 0.123 e. The van der Waals surface area contributed by atoms with Gasteiger partial charge in [0.25, 0.3) is 0 Å². The van der Waals surface area contributed by atoms with Crippen LogP contribution in [0.15, 0.2) is 36.4 Å². The summed E-state index contributed by atoms with van der Waals surface area (Å²) in [4.78, 5) is 0. The van der Waals surface area contributed by atoms with E-state index in [1.54, 1.807) is 30.3 Å². The SMILES string of the molecule is Oc1cc(/C=C/c2ccc(F)cc2)cc(O)c1C1CCCC1. The minimum absolute atomic E-state index is 0.158. The van der Waals surface area contributed by atoms with Crippen molar-refractivity contribution in [1.82, 2.24) is 0 Å². The van der Waals surface area contributed by atoms with Crippen LogP contribution in [0.5, 0.6) is 11.5 Å². The largest absolute Gasteiger partial charge is 0.507 e. The Morgan fingerprint density at radius 2 is 1.41 bits per heavy atom. The normalized spacial score (nSPS) is 15.7. The van der Waals surface area contributed by atoms with Gasteiger partial charge in [-0.3, -0.25) is 0 Å². The number of phenols is 2. The van der Waals surface area contributed by atoms with Gasteiger partial charge in [0.1, 0.15) is 17.3 Å². The molecule has 3 heteroatoms. The first kappa shape index (κ1) is 14.6. The van der Waals surface area contributed by atoms with Gasteiger partial charge in [0.2, 0.25) is 0 Å². The van der Waals surface area contributed by atoms with E-state index in [2.05, 4.69) is 0 Å². The summed E-state index contributed by atoms with van der Waals surface area (Å²) in [6.07, 6.45) is 7.96. The molecule has 0 heterocycles. The molecule has 0 atom stereocenters. The molecule has 1 fully saturated rings. The highest BCUT2D eigenvalue weighted by atomic mass is 19.1. The average molecular weight is 298 g/mol. The van der Waals surface area contributed by atoms with E-state index in [-0.39, 0.29) is 23.2 Å². The molecule has 0 amide bonds. The van der Waals surface area contributed by atoms with E-state index in [4.69, 9.17) is 0 Å². The second-order valence-electron chi connectivity index (χ2n) is 5.84. The fourth-order valence-corrected chi connectivity index (χ4v) is 3.14. The molecule has 3 rings (SSSR count). The third kappa shape index (κ3) is 3.14. The molecule has 22 heavy (non-hydrogen) atoms. The first-order chi connectivity index (χ1) is 10.6. The Labute approximate surface area is 129 Å². The van der Waals surface area contributed by atoms with Crippen molar-refractivity contribution >= 4 is 12.2 Å². The summed E-state index contributed by atoms with van der Waals surface area (Å²) < 4.78 is 12.9. The van der Waals surface area contributed by atoms with E-state index in [1.165, 1.54) is 12.1 Å². The van der Waals surface area contributed by atoms with Crippen molar-refractivity contribution in [3.63, 3.8) is 0 Å². The second-order valence-corrected chi connectivity index (χ2v) is 5.84. The molecule has 1 aliphatic carbocycles. The van der Waals surface area contributed by atoms with Crippen molar-refractivity contribution in [2.24, 2.45) is 0 Å². The molecule has 1 aliphatic rings. The molecule has 0 saturated heterocycles. The molecule has 114 valence electrons. The Morgan fingerprint density at radius 3 is 2.00 bits per heavy atom. The molecule has 1 saturated carbocycles. The molecule has 0 spiro atoms. The number of hydrogen-bond acceptors (Lipinski definition) is 2. The van der Waals surface area contributed by atoms with E-state index in [9.17, 15) is 14.6 Å². The maximum absolute atomic E-state index is 12.9. The van der Waals surface area contributed by atoms with Crippen LogP contribution in [0.25, 0.3) is 12.2 Å². The Bertz CT molecular complexity index is 660. The third-order valence-electron chi connectivity index (χ3n) is 4.26. The van der Waals surface area contributed by atoms with Crippen LogP contribution < -0.4 is 0 Å². The maximum atomic E-state index is 12.9. The number of phenolic OH excluding ortho intramolecular Hbond substituents is 2. The zero-order valence-electron chi connectivity index (χ0n) is 12.3. The van der Waals surface area contributed by atoms with Gasteiger partial charge in [0, 0.05) is 5.56 Å². The Morgan fingerprint density at radius 1 is 0.864 bits per heavy atom. The fraction of sp³-hybridized carbons (Fsp3) is 0.263. The monoisotopic (exact) mass is 298 g/mol. The number of hydrogen-bond donors (Lipinski definition) is 2. The molecule has 0 radical (unpaired) electrons. The lowest BCUT2D eigenvalue weighted by Crippen LogP contribution is -1.94. The molecule has 2 aromatic rings. The van der Waals surface area contributed by atoms with Crippen LogP contribution in [0.4, 0.5) is 4.39 Å². The van der Waals surface area contributed by atoms with Gasteiger partial charge in [-0.05, 0) is 54.2 Å². The minimum Gasteiger partial charge on any atom is -0.507 e. The van der Waals surface area contributed by atoms with Gasteiger partial charge in [0.15, 0.2) is 0 Å². The van der Waals surface area contributed by atoms with E-state index in [0.29, 0.717) is 5.56 Å². The number of benzene rings is 2. The van der Waals surface area contributed by atoms with Crippen molar-refractivity contribution in [3.05, 3.63) is 58.9 Å². The Hall–Kier alpha value is -2.29. The lowest BCUT2D eigenvalue weighted by Gasteiger charge is -2.14. The summed E-state index contributed by atoms with van der Waals surface area (Å²) in [7, 11) is 0. The van der Waals surface area contributed by atoms with Gasteiger partial charge >= 0.3 is 0 Å². The molecule has 0 unspecified atom stereocenters. The highest BCUT2D eigenvalue weighted by molar-refractivity contribution is 5.71. The van der Waals surface area contributed by atoms with Crippen molar-refractivity contribution in [2.45, 2.75) is 31.6 Å². The zero-order valence-corrected chi connectivity index (χ0v) is 12.3. The summed E-state index contributed by atoms with van der Waals surface area (Å²) >= 11 is 0. The van der Waals surface area contributed by atoms with Crippen molar-refractivity contribution in [1.29, 1.82) is 0 Å². The second kappa shape index (κ2) is 6.22. The number of aromatic hydroxyl groups is 2. The van der Waals surface area contributed by atoms with Crippen LogP contribution in [0, 0.1) is 5.82 Å². The summed E-state index contributed by atoms with van der Waals surface area (Å²) in [5.41, 5.74) is 2.26. The van der Waals surface area contributed by atoms with Crippen LogP contribution in [0.3, 0.4) is 0 Å². The molecule has 2 N–H and O–H groups in total. The summed E-state index contributed by atoms with van der Waals surface area (Å²) in [5.74, 6) is 0.305. The average Bonchev–Trinajstić information content (AvgIpc) is 3.00. The van der Waals surface area contributed by atoms with Gasteiger partial charge in [-0.2, -0.15) is 0 Å². The van der Waals surface area contributed by atoms with E-state index in [0.717, 1.165) is 36.8 Å². The standard InChI is InChI=1S/C19H19FO2/c20-16-9-7-13(8-10-16)5-6-14-11-17(21)19(18(22)12-14)15-3-1-2-4-15/h5-12,15,21-22H,1-4H2/b6-5+. The molecular weight excluding hydrogens is 279 g/mol. The third-order valence-corrected chi connectivity index (χ3v) is 4.26. The summed E-state index contributed by atoms with van der Waals surface area (Å²) in [6, 6.07) is 9.51. The van der Waals surface area contributed by atoms with Crippen LogP contribution in [-0.4, -0.2) is 10.2 Å². The van der Waals surface area contributed by atoms with Crippen molar-refractivity contribution < 1.29 is 14.6 Å². The molecular formula is C19H19FO2. The quantitative estimate of drug-likeness (QED) is 0.777. The van der Waals surface area contributed by atoms with Crippen molar-refractivity contribution in [2.75, 3.05) is 0 Å². The maximum Gasteiger partial charge on any atom is 0.123 e. The Kier molecular flexibility index (Phi) is 4.14. The zero-order chi connectivity index (χ0) is 15.5. The van der Waals surface area contributed by atoms with Gasteiger partial charge < -0.3 is 10.2 Å². The molecule has 2 nitrogen and oxygen atoms in total. The first-order valence-electron chi connectivity index (χ1n) is 7.63. The molecule has 0 bridgehead atoms. The minimum atomic E-state index is -0.270. The molecule has 0 aromatic heterocycles. The van der Waals surface area contributed by atoms with E-state index >= 15 is 0 Å². The van der Waals surface area contributed by atoms with Crippen LogP contribution >= 0.6 is 0 Å². The predicted molar refractivity (Wildman–Crippen MR) is 86.3 cm³/mol. The lowest BCUT2D eigenvalue weighted by atomic mass is 9.94. The first-order valence-corrected chi connectivity index (χ1v) is 7.63. The van der Waals surface area contributed by atoms with Crippen molar-refractivity contribution in [3.8, 4) is 11.5 Å². The topological polar surface area (TPSA) is 40.5 Å².